The fraction of sp³-hybridized carbons (Fsp3) is 0.450. The van der Waals surface area contributed by atoms with Gasteiger partial charge >= 0.3 is 5.97 Å². The van der Waals surface area contributed by atoms with Crippen molar-refractivity contribution in [3.8, 4) is 0 Å². The lowest BCUT2D eigenvalue weighted by Crippen LogP contribution is -2.38. The Balaban J connectivity index is 2.08. The molecule has 1 aliphatic heterocycles. The first-order valence-electron chi connectivity index (χ1n) is 9.09. The van der Waals surface area contributed by atoms with Gasteiger partial charge < -0.3 is 15.4 Å². The number of aromatic nitrogens is 1. The van der Waals surface area contributed by atoms with E-state index in [4.69, 9.17) is 10.5 Å². The Morgan fingerprint density at radius 1 is 1.38 bits per heavy atom. The van der Waals surface area contributed by atoms with Gasteiger partial charge in [-0.25, -0.2) is 4.79 Å². The topological polar surface area (TPSA) is 85.5 Å². The van der Waals surface area contributed by atoms with Crippen LogP contribution in [-0.2, 0) is 9.53 Å². The smallest absolute Gasteiger partial charge is 0.341 e. The Bertz CT molecular complexity index is 834. The number of carbonyl (C=O) groups is 2. The molecule has 0 bridgehead atoms. The maximum absolute atomic E-state index is 12.5. The van der Waals surface area contributed by atoms with Crippen LogP contribution in [0.5, 0.6) is 0 Å². The predicted octanol–water partition coefficient (Wildman–Crippen LogP) is 2.81. The first kappa shape index (κ1) is 18.2. The largest absolute Gasteiger partial charge is 0.462 e. The molecule has 3 rings (SSSR count). The predicted molar refractivity (Wildman–Crippen MR) is 101 cm³/mol. The Hall–Kier alpha value is -2.63. The van der Waals surface area contributed by atoms with E-state index in [9.17, 15) is 9.59 Å². The second-order valence-corrected chi connectivity index (χ2v) is 6.89. The van der Waals surface area contributed by atoms with E-state index in [1.165, 1.54) is 0 Å². The third-order valence-corrected chi connectivity index (χ3v) is 4.82. The molecule has 2 N–H and O–H groups in total. The summed E-state index contributed by atoms with van der Waals surface area (Å²) in [6.45, 7) is 5.65. The standard InChI is InChI=1S/C20H25N3O3/c1-3-26-20(25)16-11-22-17-7-6-13(2)9-15(17)19(16)23-8-4-5-14(12-23)10-18(21)24/h6-7,9,11,14H,3-5,8,10,12H2,1-2H3,(H2,21,24). The van der Waals surface area contributed by atoms with E-state index in [1.54, 1.807) is 13.1 Å². The van der Waals surface area contributed by atoms with Crippen molar-refractivity contribution in [1.29, 1.82) is 0 Å². The lowest BCUT2D eigenvalue weighted by atomic mass is 9.93. The Morgan fingerprint density at radius 3 is 2.92 bits per heavy atom. The van der Waals surface area contributed by atoms with Crippen LogP contribution in [0.3, 0.4) is 0 Å². The summed E-state index contributed by atoms with van der Waals surface area (Å²) in [5, 5.41) is 0.940. The van der Waals surface area contributed by atoms with Gasteiger partial charge in [0.15, 0.2) is 0 Å². The van der Waals surface area contributed by atoms with Crippen molar-refractivity contribution >= 4 is 28.5 Å². The molecule has 1 amide bonds. The molecule has 26 heavy (non-hydrogen) atoms. The third-order valence-electron chi connectivity index (χ3n) is 4.82. The maximum atomic E-state index is 12.5. The minimum atomic E-state index is -0.365. The van der Waals surface area contributed by atoms with Crippen LogP contribution >= 0.6 is 0 Å². The van der Waals surface area contributed by atoms with Crippen molar-refractivity contribution in [1.82, 2.24) is 4.98 Å². The van der Waals surface area contributed by atoms with Crippen molar-refractivity contribution in [2.75, 3.05) is 24.6 Å². The quantitative estimate of drug-likeness (QED) is 0.834. The number of ether oxygens (including phenoxy) is 1. The first-order valence-corrected chi connectivity index (χ1v) is 9.09. The number of primary amides is 1. The maximum Gasteiger partial charge on any atom is 0.341 e. The molecule has 1 atom stereocenters. The van der Waals surface area contributed by atoms with Gasteiger partial charge in [-0.05, 0) is 44.7 Å². The fourth-order valence-corrected chi connectivity index (χ4v) is 3.71. The Labute approximate surface area is 153 Å². The lowest BCUT2D eigenvalue weighted by Gasteiger charge is -2.35. The number of aryl methyl sites for hydroxylation is 1. The van der Waals surface area contributed by atoms with E-state index in [2.05, 4.69) is 16.0 Å². The number of amides is 1. The number of piperidine rings is 1. The van der Waals surface area contributed by atoms with Crippen LogP contribution in [0, 0.1) is 12.8 Å². The molecule has 138 valence electrons. The minimum absolute atomic E-state index is 0.198. The highest BCUT2D eigenvalue weighted by Crippen LogP contribution is 2.34. The number of carbonyl (C=O) groups excluding carboxylic acids is 2. The molecule has 1 unspecified atom stereocenters. The summed E-state index contributed by atoms with van der Waals surface area (Å²) in [6, 6.07) is 6.03. The summed E-state index contributed by atoms with van der Waals surface area (Å²) in [5.41, 5.74) is 8.67. The molecule has 0 radical (unpaired) electrons. The van der Waals surface area contributed by atoms with Crippen LogP contribution in [0.2, 0.25) is 0 Å². The normalized spacial score (nSPS) is 17.3. The van der Waals surface area contributed by atoms with Gasteiger partial charge in [-0.15, -0.1) is 0 Å². The van der Waals surface area contributed by atoms with E-state index < -0.39 is 0 Å². The van der Waals surface area contributed by atoms with Crippen LogP contribution in [0.25, 0.3) is 10.9 Å². The molecule has 1 fully saturated rings. The fourth-order valence-electron chi connectivity index (χ4n) is 3.71. The summed E-state index contributed by atoms with van der Waals surface area (Å²) in [5.74, 6) is -0.447. The molecule has 2 aromatic rings. The average Bonchev–Trinajstić information content (AvgIpc) is 2.60. The van der Waals surface area contributed by atoms with Gasteiger partial charge in [0.2, 0.25) is 5.91 Å². The number of nitrogens with two attached hydrogens (primary N) is 1. The summed E-state index contributed by atoms with van der Waals surface area (Å²) in [4.78, 5) is 30.5. The van der Waals surface area contributed by atoms with Gasteiger partial charge in [0, 0.05) is 31.1 Å². The first-order chi connectivity index (χ1) is 12.5. The van der Waals surface area contributed by atoms with Crippen molar-refractivity contribution in [3.63, 3.8) is 0 Å². The highest BCUT2D eigenvalue weighted by atomic mass is 16.5. The molecule has 1 aromatic heterocycles. The van der Waals surface area contributed by atoms with E-state index in [1.807, 2.05) is 19.1 Å². The number of hydrogen-bond donors (Lipinski definition) is 1. The van der Waals surface area contributed by atoms with Crippen molar-refractivity contribution in [2.24, 2.45) is 11.7 Å². The van der Waals surface area contributed by atoms with Crippen LogP contribution < -0.4 is 10.6 Å². The summed E-state index contributed by atoms with van der Waals surface area (Å²) >= 11 is 0. The number of rotatable bonds is 5. The monoisotopic (exact) mass is 355 g/mol. The average molecular weight is 355 g/mol. The van der Waals surface area contributed by atoms with Gasteiger partial charge in [0.25, 0.3) is 0 Å². The number of nitrogens with zero attached hydrogens (tertiary/aromatic N) is 2. The van der Waals surface area contributed by atoms with Gasteiger partial charge in [-0.3, -0.25) is 9.78 Å². The zero-order valence-electron chi connectivity index (χ0n) is 15.3. The van der Waals surface area contributed by atoms with Crippen LogP contribution in [0.1, 0.15) is 42.1 Å². The Morgan fingerprint density at radius 2 is 2.19 bits per heavy atom. The highest BCUT2D eigenvalue weighted by Gasteiger charge is 2.27. The Kier molecular flexibility index (Phi) is 5.40. The van der Waals surface area contributed by atoms with Crippen LogP contribution in [0.15, 0.2) is 24.4 Å². The molecule has 1 saturated heterocycles. The van der Waals surface area contributed by atoms with E-state index in [-0.39, 0.29) is 17.8 Å². The number of esters is 1. The van der Waals surface area contributed by atoms with Gasteiger partial charge in [0.05, 0.1) is 17.8 Å². The molecule has 0 spiro atoms. The lowest BCUT2D eigenvalue weighted by molar-refractivity contribution is -0.118. The second kappa shape index (κ2) is 7.72. The van der Waals surface area contributed by atoms with E-state index in [0.29, 0.717) is 25.1 Å². The molecular formula is C20H25N3O3. The molecule has 6 heteroatoms. The molecule has 1 aromatic carbocycles. The number of pyridine rings is 1. The number of benzene rings is 1. The SMILES string of the molecule is CCOC(=O)c1cnc2ccc(C)cc2c1N1CCCC(CC(N)=O)C1. The zero-order valence-corrected chi connectivity index (χ0v) is 15.3. The zero-order chi connectivity index (χ0) is 18.7. The van der Waals surface area contributed by atoms with Crippen LogP contribution in [-0.4, -0.2) is 36.6 Å². The van der Waals surface area contributed by atoms with Crippen molar-refractivity contribution < 1.29 is 14.3 Å². The summed E-state index contributed by atoms with van der Waals surface area (Å²) in [7, 11) is 0. The minimum Gasteiger partial charge on any atom is -0.462 e. The highest BCUT2D eigenvalue weighted by molar-refractivity contribution is 6.05. The molecule has 0 saturated carbocycles. The number of fused-ring (bicyclic) bond motifs is 1. The van der Waals surface area contributed by atoms with Gasteiger partial charge in [-0.2, -0.15) is 0 Å². The van der Waals surface area contributed by atoms with E-state index in [0.717, 1.165) is 41.5 Å². The molecule has 0 aliphatic carbocycles. The van der Waals surface area contributed by atoms with Crippen molar-refractivity contribution in [2.45, 2.75) is 33.1 Å². The molecular weight excluding hydrogens is 330 g/mol. The summed E-state index contributed by atoms with van der Waals surface area (Å²) < 4.78 is 5.25. The molecule has 2 heterocycles. The van der Waals surface area contributed by atoms with E-state index >= 15 is 0 Å². The van der Waals surface area contributed by atoms with Crippen LogP contribution in [0.4, 0.5) is 5.69 Å². The second-order valence-electron chi connectivity index (χ2n) is 6.89. The van der Waals surface area contributed by atoms with Gasteiger partial charge in [-0.1, -0.05) is 11.6 Å². The van der Waals surface area contributed by atoms with Gasteiger partial charge in [0.1, 0.15) is 5.56 Å². The number of hydrogen-bond acceptors (Lipinski definition) is 5. The molecule has 6 nitrogen and oxygen atoms in total. The number of anilines is 1. The third kappa shape index (κ3) is 3.79. The van der Waals surface area contributed by atoms with Crippen molar-refractivity contribution in [3.05, 3.63) is 35.5 Å². The molecule has 1 aliphatic rings. The summed E-state index contributed by atoms with van der Waals surface area (Å²) in [6.07, 6.45) is 3.89.